The van der Waals surface area contributed by atoms with Crippen molar-refractivity contribution in [3.05, 3.63) is 16.0 Å². The van der Waals surface area contributed by atoms with Crippen molar-refractivity contribution in [2.75, 3.05) is 7.11 Å². The van der Waals surface area contributed by atoms with Crippen molar-refractivity contribution in [2.24, 2.45) is 5.92 Å². The van der Waals surface area contributed by atoms with E-state index in [1.807, 2.05) is 10.9 Å². The SMILES string of the molecule is COC1CC(Cn2cc(I)cn2)C1. The fourth-order valence-electron chi connectivity index (χ4n) is 1.72. The quantitative estimate of drug-likeness (QED) is 0.796. The van der Waals surface area contributed by atoms with Crippen LogP contribution >= 0.6 is 22.6 Å². The predicted molar refractivity (Wildman–Crippen MR) is 58.5 cm³/mol. The average molecular weight is 292 g/mol. The summed E-state index contributed by atoms with van der Waals surface area (Å²) in [6.07, 6.45) is 6.85. The predicted octanol–water partition coefficient (Wildman–Crippen LogP) is 1.91. The Morgan fingerprint density at radius 1 is 1.69 bits per heavy atom. The van der Waals surface area contributed by atoms with Gasteiger partial charge in [-0.05, 0) is 41.4 Å². The Morgan fingerprint density at radius 2 is 2.46 bits per heavy atom. The van der Waals surface area contributed by atoms with E-state index in [9.17, 15) is 0 Å². The van der Waals surface area contributed by atoms with Gasteiger partial charge in [0.2, 0.25) is 0 Å². The molecule has 2 rings (SSSR count). The van der Waals surface area contributed by atoms with Crippen LogP contribution in [0.4, 0.5) is 0 Å². The van der Waals surface area contributed by atoms with E-state index in [4.69, 9.17) is 4.74 Å². The fraction of sp³-hybridized carbons (Fsp3) is 0.667. The van der Waals surface area contributed by atoms with Gasteiger partial charge in [0.25, 0.3) is 0 Å². The monoisotopic (exact) mass is 292 g/mol. The maximum atomic E-state index is 5.23. The highest BCUT2D eigenvalue weighted by atomic mass is 127. The second-order valence-corrected chi connectivity index (χ2v) is 4.82. The molecular formula is C9H13IN2O. The van der Waals surface area contributed by atoms with Crippen molar-refractivity contribution in [1.82, 2.24) is 9.78 Å². The van der Waals surface area contributed by atoms with Gasteiger partial charge in [-0.2, -0.15) is 5.10 Å². The van der Waals surface area contributed by atoms with Crippen molar-refractivity contribution < 1.29 is 4.74 Å². The highest BCUT2D eigenvalue weighted by molar-refractivity contribution is 14.1. The lowest BCUT2D eigenvalue weighted by atomic mass is 9.82. The number of aromatic nitrogens is 2. The number of rotatable bonds is 3. The van der Waals surface area contributed by atoms with E-state index in [-0.39, 0.29) is 0 Å². The number of hydrogen-bond acceptors (Lipinski definition) is 2. The molecule has 0 saturated heterocycles. The Labute approximate surface area is 91.6 Å². The second kappa shape index (κ2) is 3.96. The summed E-state index contributed by atoms with van der Waals surface area (Å²) in [6.45, 7) is 1.04. The molecule has 72 valence electrons. The van der Waals surface area contributed by atoms with Crippen molar-refractivity contribution in [3.63, 3.8) is 0 Å². The molecule has 0 aliphatic heterocycles. The Balaban J connectivity index is 1.81. The van der Waals surface area contributed by atoms with E-state index in [1.165, 1.54) is 16.4 Å². The van der Waals surface area contributed by atoms with Crippen LogP contribution in [0, 0.1) is 9.49 Å². The molecule has 0 unspecified atom stereocenters. The molecule has 0 bridgehead atoms. The number of halogens is 1. The normalized spacial score (nSPS) is 27.2. The van der Waals surface area contributed by atoms with Crippen molar-refractivity contribution >= 4 is 22.6 Å². The van der Waals surface area contributed by atoms with Crippen molar-refractivity contribution in [3.8, 4) is 0 Å². The van der Waals surface area contributed by atoms with E-state index in [0.717, 1.165) is 12.5 Å². The molecule has 1 aromatic rings. The minimum atomic E-state index is 0.500. The minimum absolute atomic E-state index is 0.500. The van der Waals surface area contributed by atoms with E-state index in [0.29, 0.717) is 6.10 Å². The third-order valence-electron chi connectivity index (χ3n) is 2.57. The molecule has 1 aliphatic carbocycles. The van der Waals surface area contributed by atoms with Gasteiger partial charge in [0.1, 0.15) is 0 Å². The molecule has 1 aliphatic rings. The van der Waals surface area contributed by atoms with Crippen LogP contribution in [0.1, 0.15) is 12.8 Å². The molecule has 3 nitrogen and oxygen atoms in total. The molecule has 13 heavy (non-hydrogen) atoms. The fourth-order valence-corrected chi connectivity index (χ4v) is 2.16. The molecule has 1 saturated carbocycles. The summed E-state index contributed by atoms with van der Waals surface area (Å²) < 4.78 is 8.46. The van der Waals surface area contributed by atoms with Gasteiger partial charge in [0.15, 0.2) is 0 Å². The number of nitrogens with zero attached hydrogens (tertiary/aromatic N) is 2. The molecule has 0 amide bonds. The van der Waals surface area contributed by atoms with Crippen molar-refractivity contribution in [1.29, 1.82) is 0 Å². The van der Waals surface area contributed by atoms with Crippen LogP contribution in [0.15, 0.2) is 12.4 Å². The van der Waals surface area contributed by atoms with Gasteiger partial charge < -0.3 is 4.74 Å². The third-order valence-corrected chi connectivity index (χ3v) is 3.13. The highest BCUT2D eigenvalue weighted by Crippen LogP contribution is 2.30. The van der Waals surface area contributed by atoms with Crippen LogP contribution in [0.3, 0.4) is 0 Å². The van der Waals surface area contributed by atoms with Crippen molar-refractivity contribution in [2.45, 2.75) is 25.5 Å². The van der Waals surface area contributed by atoms with E-state index < -0.39 is 0 Å². The van der Waals surface area contributed by atoms with Gasteiger partial charge in [-0.3, -0.25) is 4.68 Å². The lowest BCUT2D eigenvalue weighted by Crippen LogP contribution is -2.33. The van der Waals surface area contributed by atoms with Crippen LogP contribution in [0.2, 0.25) is 0 Å². The van der Waals surface area contributed by atoms with Gasteiger partial charge in [0.05, 0.1) is 15.9 Å². The lowest BCUT2D eigenvalue weighted by Gasteiger charge is -2.33. The summed E-state index contributed by atoms with van der Waals surface area (Å²) in [6, 6.07) is 0. The van der Waals surface area contributed by atoms with Crippen LogP contribution in [0.5, 0.6) is 0 Å². The number of ether oxygens (including phenoxy) is 1. The van der Waals surface area contributed by atoms with Gasteiger partial charge in [0, 0.05) is 19.9 Å². The Morgan fingerprint density at radius 3 is 3.00 bits per heavy atom. The van der Waals surface area contributed by atoms with Gasteiger partial charge in [-0.25, -0.2) is 0 Å². The molecule has 1 fully saturated rings. The lowest BCUT2D eigenvalue weighted by molar-refractivity contribution is -0.00547. The molecule has 0 spiro atoms. The summed E-state index contributed by atoms with van der Waals surface area (Å²) in [7, 11) is 1.79. The van der Waals surface area contributed by atoms with Crippen LogP contribution in [-0.2, 0) is 11.3 Å². The zero-order valence-corrected chi connectivity index (χ0v) is 9.77. The van der Waals surface area contributed by atoms with Crippen LogP contribution in [-0.4, -0.2) is 23.0 Å². The molecule has 4 heteroatoms. The summed E-state index contributed by atoms with van der Waals surface area (Å²) in [4.78, 5) is 0. The van der Waals surface area contributed by atoms with E-state index >= 15 is 0 Å². The largest absolute Gasteiger partial charge is 0.381 e. The summed E-state index contributed by atoms with van der Waals surface area (Å²) in [5.41, 5.74) is 0. The Kier molecular flexibility index (Phi) is 2.88. The van der Waals surface area contributed by atoms with Crippen LogP contribution < -0.4 is 0 Å². The van der Waals surface area contributed by atoms with E-state index in [1.54, 1.807) is 7.11 Å². The molecule has 1 aromatic heterocycles. The average Bonchev–Trinajstić information content (AvgIpc) is 2.43. The zero-order chi connectivity index (χ0) is 9.26. The topological polar surface area (TPSA) is 27.1 Å². The molecule has 0 atom stereocenters. The summed E-state index contributed by atoms with van der Waals surface area (Å²) in [5.74, 6) is 0.764. The molecular weight excluding hydrogens is 279 g/mol. The first-order valence-electron chi connectivity index (χ1n) is 4.48. The standard InChI is InChI=1S/C9H13IN2O/c1-13-9-2-7(3-9)5-12-6-8(10)4-11-12/h4,6-7,9H,2-3,5H2,1H3. The highest BCUT2D eigenvalue weighted by Gasteiger charge is 2.29. The Hall–Kier alpha value is -0.100. The van der Waals surface area contributed by atoms with E-state index in [2.05, 4.69) is 33.9 Å². The Bertz CT molecular complexity index is 281. The zero-order valence-electron chi connectivity index (χ0n) is 7.61. The van der Waals surface area contributed by atoms with Gasteiger partial charge in [-0.15, -0.1) is 0 Å². The van der Waals surface area contributed by atoms with Crippen LogP contribution in [0.25, 0.3) is 0 Å². The third kappa shape index (κ3) is 2.22. The molecule has 1 heterocycles. The second-order valence-electron chi connectivity index (χ2n) is 3.58. The first-order valence-corrected chi connectivity index (χ1v) is 5.56. The first-order chi connectivity index (χ1) is 6.28. The maximum absolute atomic E-state index is 5.23. The van der Waals surface area contributed by atoms with Gasteiger partial charge in [-0.1, -0.05) is 0 Å². The summed E-state index contributed by atoms with van der Waals surface area (Å²) in [5, 5.41) is 4.26. The number of methoxy groups -OCH3 is 1. The maximum Gasteiger partial charge on any atom is 0.0623 e. The minimum Gasteiger partial charge on any atom is -0.381 e. The molecule has 0 N–H and O–H groups in total. The summed E-state index contributed by atoms with van der Waals surface area (Å²) >= 11 is 2.28. The smallest absolute Gasteiger partial charge is 0.0623 e. The van der Waals surface area contributed by atoms with Gasteiger partial charge >= 0.3 is 0 Å². The number of hydrogen-bond donors (Lipinski definition) is 0. The molecule has 0 radical (unpaired) electrons. The molecule has 0 aromatic carbocycles. The first kappa shape index (κ1) is 9.45.